The first-order valence-electron chi connectivity index (χ1n) is 5.00. The van der Waals surface area contributed by atoms with E-state index in [0.29, 0.717) is 12.9 Å². The Morgan fingerprint density at radius 1 is 1.33 bits per heavy atom. The van der Waals surface area contributed by atoms with Crippen LogP contribution in [0.5, 0.6) is 0 Å². The molecule has 0 aliphatic rings. The normalized spacial score (nSPS) is 14.5. The number of benzene rings is 1. The van der Waals surface area contributed by atoms with Crippen molar-refractivity contribution < 1.29 is 14.3 Å². The Labute approximate surface area is 90.0 Å². The van der Waals surface area contributed by atoms with E-state index in [0.717, 1.165) is 12.0 Å². The molecular weight excluding hydrogens is 192 g/mol. The minimum Gasteiger partial charge on any atom is -0.344 e. The predicted octanol–water partition coefficient (Wildman–Crippen LogP) is 2.11. The minimum absolute atomic E-state index is 0.488. The van der Waals surface area contributed by atoms with Gasteiger partial charge in [0, 0.05) is 12.7 Å². The zero-order chi connectivity index (χ0) is 11.1. The molecule has 0 spiro atoms. The SMILES string of the molecule is CCCOC(C=O)(OC)c1ccccc1. The second kappa shape index (κ2) is 5.63. The van der Waals surface area contributed by atoms with Gasteiger partial charge < -0.3 is 9.47 Å². The second-order valence-corrected chi connectivity index (χ2v) is 3.20. The number of methoxy groups -OCH3 is 1. The third kappa shape index (κ3) is 2.64. The average Bonchev–Trinajstić information content (AvgIpc) is 2.33. The quantitative estimate of drug-likeness (QED) is 0.530. The van der Waals surface area contributed by atoms with Crippen molar-refractivity contribution in [2.45, 2.75) is 19.1 Å². The molecule has 15 heavy (non-hydrogen) atoms. The summed E-state index contributed by atoms with van der Waals surface area (Å²) < 4.78 is 10.7. The van der Waals surface area contributed by atoms with Crippen molar-refractivity contribution in [1.29, 1.82) is 0 Å². The van der Waals surface area contributed by atoms with E-state index in [-0.39, 0.29) is 0 Å². The highest BCUT2D eigenvalue weighted by molar-refractivity contribution is 5.63. The Hall–Kier alpha value is -1.19. The van der Waals surface area contributed by atoms with Gasteiger partial charge in [0.2, 0.25) is 0 Å². The van der Waals surface area contributed by atoms with Crippen molar-refractivity contribution in [3.63, 3.8) is 0 Å². The topological polar surface area (TPSA) is 35.5 Å². The van der Waals surface area contributed by atoms with Crippen LogP contribution >= 0.6 is 0 Å². The smallest absolute Gasteiger partial charge is 0.253 e. The van der Waals surface area contributed by atoms with E-state index in [1.54, 1.807) is 0 Å². The number of carbonyl (C=O) groups excluding carboxylic acids is 1. The molecule has 0 aromatic heterocycles. The van der Waals surface area contributed by atoms with E-state index >= 15 is 0 Å². The van der Waals surface area contributed by atoms with Gasteiger partial charge in [0.25, 0.3) is 5.79 Å². The Morgan fingerprint density at radius 3 is 2.47 bits per heavy atom. The fraction of sp³-hybridized carbons (Fsp3) is 0.417. The highest BCUT2D eigenvalue weighted by Crippen LogP contribution is 2.24. The van der Waals surface area contributed by atoms with Gasteiger partial charge in [0.05, 0.1) is 6.61 Å². The zero-order valence-electron chi connectivity index (χ0n) is 9.10. The molecule has 0 aliphatic carbocycles. The number of hydrogen-bond donors (Lipinski definition) is 0. The van der Waals surface area contributed by atoms with Crippen LogP contribution in [0.2, 0.25) is 0 Å². The predicted molar refractivity (Wildman–Crippen MR) is 57.4 cm³/mol. The first kappa shape index (κ1) is 11.9. The molecule has 0 amide bonds. The van der Waals surface area contributed by atoms with Crippen molar-refractivity contribution >= 4 is 6.29 Å². The summed E-state index contributed by atoms with van der Waals surface area (Å²) >= 11 is 0. The van der Waals surface area contributed by atoms with Crippen molar-refractivity contribution in [2.75, 3.05) is 13.7 Å². The third-order valence-corrected chi connectivity index (χ3v) is 2.16. The van der Waals surface area contributed by atoms with Crippen molar-refractivity contribution in [2.24, 2.45) is 0 Å². The van der Waals surface area contributed by atoms with Crippen LogP contribution in [0.25, 0.3) is 0 Å². The van der Waals surface area contributed by atoms with Gasteiger partial charge in [-0.2, -0.15) is 0 Å². The largest absolute Gasteiger partial charge is 0.344 e. The van der Waals surface area contributed by atoms with E-state index in [1.165, 1.54) is 7.11 Å². The summed E-state index contributed by atoms with van der Waals surface area (Å²) in [5.41, 5.74) is 0.718. The monoisotopic (exact) mass is 208 g/mol. The Balaban J connectivity index is 2.94. The first-order valence-corrected chi connectivity index (χ1v) is 5.00. The van der Waals surface area contributed by atoms with Gasteiger partial charge in [0.15, 0.2) is 6.29 Å². The van der Waals surface area contributed by atoms with Gasteiger partial charge in [-0.3, -0.25) is 4.79 Å². The summed E-state index contributed by atoms with van der Waals surface area (Å²) in [6.45, 7) is 2.47. The fourth-order valence-corrected chi connectivity index (χ4v) is 1.33. The summed E-state index contributed by atoms with van der Waals surface area (Å²) in [7, 11) is 1.47. The molecule has 0 saturated carbocycles. The van der Waals surface area contributed by atoms with Crippen LogP contribution in [0, 0.1) is 0 Å². The molecule has 3 nitrogen and oxygen atoms in total. The molecule has 1 atom stereocenters. The maximum Gasteiger partial charge on any atom is 0.253 e. The molecule has 82 valence electrons. The van der Waals surface area contributed by atoms with Crippen LogP contribution < -0.4 is 0 Å². The number of aldehydes is 1. The van der Waals surface area contributed by atoms with Crippen LogP contribution in [0.15, 0.2) is 30.3 Å². The highest BCUT2D eigenvalue weighted by atomic mass is 16.7. The van der Waals surface area contributed by atoms with Gasteiger partial charge in [-0.05, 0) is 6.42 Å². The van der Waals surface area contributed by atoms with E-state index in [2.05, 4.69) is 0 Å². The highest BCUT2D eigenvalue weighted by Gasteiger charge is 2.32. The zero-order valence-corrected chi connectivity index (χ0v) is 9.10. The van der Waals surface area contributed by atoms with Crippen LogP contribution in [0.1, 0.15) is 18.9 Å². The molecule has 0 N–H and O–H groups in total. The summed E-state index contributed by atoms with van der Waals surface area (Å²) in [6.07, 6.45) is 1.53. The second-order valence-electron chi connectivity index (χ2n) is 3.20. The van der Waals surface area contributed by atoms with Gasteiger partial charge in [-0.25, -0.2) is 0 Å². The number of rotatable bonds is 6. The molecule has 0 fully saturated rings. The summed E-state index contributed by atoms with van der Waals surface area (Å²) in [5, 5.41) is 0. The Kier molecular flexibility index (Phi) is 4.46. The molecule has 0 heterocycles. The lowest BCUT2D eigenvalue weighted by atomic mass is 10.1. The molecule has 0 saturated heterocycles. The molecule has 0 bridgehead atoms. The van der Waals surface area contributed by atoms with E-state index in [4.69, 9.17) is 9.47 Å². The van der Waals surface area contributed by atoms with Gasteiger partial charge in [-0.1, -0.05) is 37.3 Å². The molecule has 0 aliphatic heterocycles. The molecular formula is C12H16O3. The molecule has 0 radical (unpaired) electrons. The van der Waals surface area contributed by atoms with Crippen LogP contribution in [0.4, 0.5) is 0 Å². The maximum atomic E-state index is 11.1. The van der Waals surface area contributed by atoms with E-state index < -0.39 is 5.79 Å². The summed E-state index contributed by atoms with van der Waals surface area (Å²) in [6, 6.07) is 9.21. The van der Waals surface area contributed by atoms with Crippen LogP contribution in [0.3, 0.4) is 0 Å². The van der Waals surface area contributed by atoms with Crippen molar-refractivity contribution in [3.05, 3.63) is 35.9 Å². The number of hydrogen-bond acceptors (Lipinski definition) is 3. The average molecular weight is 208 g/mol. The van der Waals surface area contributed by atoms with Gasteiger partial charge >= 0.3 is 0 Å². The van der Waals surface area contributed by atoms with Gasteiger partial charge in [-0.15, -0.1) is 0 Å². The minimum atomic E-state index is -1.25. The summed E-state index contributed by atoms with van der Waals surface area (Å²) in [5.74, 6) is -1.25. The molecule has 3 heteroatoms. The number of carbonyl (C=O) groups is 1. The van der Waals surface area contributed by atoms with Crippen LogP contribution in [-0.2, 0) is 20.1 Å². The maximum absolute atomic E-state index is 11.1. The molecule has 1 rings (SSSR count). The first-order chi connectivity index (χ1) is 7.29. The van der Waals surface area contributed by atoms with E-state index in [9.17, 15) is 4.79 Å². The van der Waals surface area contributed by atoms with Crippen molar-refractivity contribution in [1.82, 2.24) is 0 Å². The van der Waals surface area contributed by atoms with Gasteiger partial charge in [0.1, 0.15) is 0 Å². The number of ether oxygens (including phenoxy) is 2. The Morgan fingerprint density at radius 2 is 2.00 bits per heavy atom. The molecule has 1 unspecified atom stereocenters. The third-order valence-electron chi connectivity index (χ3n) is 2.16. The fourth-order valence-electron chi connectivity index (χ4n) is 1.33. The lowest BCUT2D eigenvalue weighted by Crippen LogP contribution is -2.34. The standard InChI is InChI=1S/C12H16O3/c1-3-9-15-12(10-13,14-2)11-7-5-4-6-8-11/h4-8,10H,3,9H2,1-2H3. The summed E-state index contributed by atoms with van der Waals surface area (Å²) in [4.78, 5) is 11.1. The van der Waals surface area contributed by atoms with Crippen LogP contribution in [-0.4, -0.2) is 20.0 Å². The molecule has 1 aromatic rings. The van der Waals surface area contributed by atoms with E-state index in [1.807, 2.05) is 37.3 Å². The Bertz CT molecular complexity index is 297. The van der Waals surface area contributed by atoms with Crippen molar-refractivity contribution in [3.8, 4) is 0 Å². The molecule has 1 aromatic carbocycles. The lowest BCUT2D eigenvalue weighted by Gasteiger charge is -2.26. The lowest BCUT2D eigenvalue weighted by molar-refractivity contribution is -0.214.